The molecule has 25 heavy (non-hydrogen) atoms. The Morgan fingerprint density at radius 1 is 1.24 bits per heavy atom. The summed E-state index contributed by atoms with van der Waals surface area (Å²) in [7, 11) is 0. The number of aliphatic hydroxyl groups excluding tert-OH is 1. The van der Waals surface area contributed by atoms with Gasteiger partial charge in [-0.25, -0.2) is 4.39 Å². The molecule has 0 saturated carbocycles. The first-order chi connectivity index (χ1) is 11.6. The van der Waals surface area contributed by atoms with Crippen molar-refractivity contribution >= 4 is 18.3 Å². The van der Waals surface area contributed by atoms with Crippen molar-refractivity contribution in [2.24, 2.45) is 11.7 Å². The van der Waals surface area contributed by atoms with Crippen LogP contribution < -0.4 is 5.73 Å². The van der Waals surface area contributed by atoms with Gasteiger partial charge in [0.2, 0.25) is 0 Å². The molecule has 1 aromatic carbocycles. The largest absolute Gasteiger partial charge is 0.455 e. The minimum atomic E-state index is -0.643. The number of rotatable bonds is 4. The monoisotopic (exact) mass is 368 g/mol. The van der Waals surface area contributed by atoms with E-state index in [0.29, 0.717) is 43.0 Å². The Morgan fingerprint density at radius 3 is 2.44 bits per heavy atom. The van der Waals surface area contributed by atoms with E-state index in [9.17, 15) is 14.3 Å². The third-order valence-corrected chi connectivity index (χ3v) is 4.56. The van der Waals surface area contributed by atoms with Gasteiger partial charge in [-0.3, -0.25) is 4.79 Å². The van der Waals surface area contributed by atoms with Gasteiger partial charge >= 0.3 is 0 Å². The molecule has 1 fully saturated rings. The van der Waals surface area contributed by atoms with Crippen LogP contribution in [0.3, 0.4) is 0 Å². The SMILES string of the molecule is Cl.NCc1ccc(C(=O)N2CCC(C(O)c3ccc(F)cc3)CC2)o1. The number of nitrogens with two attached hydrogens (primary N) is 1. The molecule has 1 aliphatic rings. The van der Waals surface area contributed by atoms with Crippen molar-refractivity contribution < 1.29 is 18.7 Å². The number of furan rings is 1. The van der Waals surface area contributed by atoms with Crippen molar-refractivity contribution in [2.75, 3.05) is 13.1 Å². The zero-order valence-electron chi connectivity index (χ0n) is 13.7. The van der Waals surface area contributed by atoms with Gasteiger partial charge in [0.15, 0.2) is 5.76 Å². The first-order valence-electron chi connectivity index (χ1n) is 8.10. The highest BCUT2D eigenvalue weighted by Crippen LogP contribution is 2.31. The minimum absolute atomic E-state index is 0. The number of hydrogen-bond acceptors (Lipinski definition) is 4. The van der Waals surface area contributed by atoms with Crippen LogP contribution >= 0.6 is 12.4 Å². The van der Waals surface area contributed by atoms with Gasteiger partial charge in [0, 0.05) is 13.1 Å². The van der Waals surface area contributed by atoms with Crippen LogP contribution in [-0.4, -0.2) is 29.0 Å². The number of aliphatic hydroxyl groups is 1. The normalized spacial score (nSPS) is 16.4. The summed E-state index contributed by atoms with van der Waals surface area (Å²) in [5.74, 6) is 0.467. The maximum absolute atomic E-state index is 13.0. The van der Waals surface area contributed by atoms with Crippen molar-refractivity contribution in [1.29, 1.82) is 0 Å². The molecule has 2 aromatic rings. The summed E-state index contributed by atoms with van der Waals surface area (Å²) < 4.78 is 18.4. The zero-order chi connectivity index (χ0) is 17.1. The standard InChI is InChI=1S/C18H21FN2O3.ClH/c19-14-3-1-12(2-4-14)17(22)13-7-9-21(10-8-13)18(23)16-6-5-15(11-20)24-16;/h1-6,13,17,22H,7-11,20H2;1H. The second-order valence-electron chi connectivity index (χ2n) is 6.10. The second kappa shape index (κ2) is 8.47. The molecule has 5 nitrogen and oxygen atoms in total. The van der Waals surface area contributed by atoms with Gasteiger partial charge < -0.3 is 20.2 Å². The maximum atomic E-state index is 13.0. The van der Waals surface area contributed by atoms with E-state index in [4.69, 9.17) is 10.2 Å². The summed E-state index contributed by atoms with van der Waals surface area (Å²) >= 11 is 0. The van der Waals surface area contributed by atoms with E-state index in [1.165, 1.54) is 12.1 Å². The van der Waals surface area contributed by atoms with Crippen molar-refractivity contribution in [1.82, 2.24) is 4.90 Å². The third kappa shape index (κ3) is 4.39. The smallest absolute Gasteiger partial charge is 0.289 e. The van der Waals surface area contributed by atoms with Crippen LogP contribution in [0.2, 0.25) is 0 Å². The first-order valence-corrected chi connectivity index (χ1v) is 8.10. The molecule has 0 radical (unpaired) electrons. The van der Waals surface area contributed by atoms with Crippen LogP contribution in [-0.2, 0) is 6.54 Å². The fourth-order valence-electron chi connectivity index (χ4n) is 3.11. The van der Waals surface area contributed by atoms with E-state index >= 15 is 0 Å². The Morgan fingerprint density at radius 2 is 1.88 bits per heavy atom. The molecular weight excluding hydrogens is 347 g/mol. The Hall–Kier alpha value is -1.89. The van der Waals surface area contributed by atoms with E-state index in [0.717, 1.165) is 0 Å². The Balaban J connectivity index is 0.00000225. The first kappa shape index (κ1) is 19.4. The predicted octanol–water partition coefficient (Wildman–Crippen LogP) is 2.89. The van der Waals surface area contributed by atoms with Crippen LogP contribution in [0.25, 0.3) is 0 Å². The molecule has 1 amide bonds. The molecule has 0 spiro atoms. The lowest BCUT2D eigenvalue weighted by molar-refractivity contribution is 0.0441. The molecule has 136 valence electrons. The number of piperidine rings is 1. The summed E-state index contributed by atoms with van der Waals surface area (Å²) in [6.45, 7) is 1.38. The van der Waals surface area contributed by atoms with Crippen molar-refractivity contribution in [2.45, 2.75) is 25.5 Å². The summed E-state index contributed by atoms with van der Waals surface area (Å²) in [5, 5.41) is 10.5. The van der Waals surface area contributed by atoms with Crippen molar-refractivity contribution in [3.8, 4) is 0 Å². The quantitative estimate of drug-likeness (QED) is 0.869. The number of likely N-dealkylation sites (tertiary alicyclic amines) is 1. The minimum Gasteiger partial charge on any atom is -0.455 e. The summed E-state index contributed by atoms with van der Waals surface area (Å²) in [5.41, 5.74) is 6.20. The molecule has 1 aliphatic heterocycles. The topological polar surface area (TPSA) is 79.7 Å². The summed E-state index contributed by atoms with van der Waals surface area (Å²) in [4.78, 5) is 14.1. The fraction of sp³-hybridized carbons (Fsp3) is 0.389. The number of hydrogen-bond donors (Lipinski definition) is 2. The zero-order valence-corrected chi connectivity index (χ0v) is 14.5. The lowest BCUT2D eigenvalue weighted by Crippen LogP contribution is -2.39. The molecule has 1 atom stereocenters. The number of amides is 1. The van der Waals surface area contributed by atoms with E-state index in [1.807, 2.05) is 0 Å². The second-order valence-corrected chi connectivity index (χ2v) is 6.10. The van der Waals surface area contributed by atoms with Crippen LogP contribution in [0.15, 0.2) is 40.8 Å². The van der Waals surface area contributed by atoms with Crippen molar-refractivity contribution in [3.05, 3.63) is 59.3 Å². The molecule has 2 heterocycles. The van der Waals surface area contributed by atoms with Crippen LogP contribution in [0, 0.1) is 11.7 Å². The molecule has 0 aliphatic carbocycles. The van der Waals surface area contributed by atoms with Gasteiger partial charge in [0.05, 0.1) is 12.6 Å². The predicted molar refractivity (Wildman–Crippen MR) is 93.8 cm³/mol. The average molecular weight is 369 g/mol. The van der Waals surface area contributed by atoms with E-state index < -0.39 is 6.10 Å². The molecule has 1 aromatic heterocycles. The van der Waals surface area contributed by atoms with E-state index in [-0.39, 0.29) is 36.6 Å². The van der Waals surface area contributed by atoms with Gasteiger partial charge in [0.25, 0.3) is 5.91 Å². The number of halogens is 2. The lowest BCUT2D eigenvalue weighted by atomic mass is 9.87. The molecule has 1 saturated heterocycles. The van der Waals surface area contributed by atoms with Gasteiger partial charge in [-0.05, 0) is 48.6 Å². The average Bonchev–Trinajstić information content (AvgIpc) is 3.10. The number of carbonyl (C=O) groups excluding carboxylic acids is 1. The molecule has 7 heteroatoms. The lowest BCUT2D eigenvalue weighted by Gasteiger charge is -2.34. The molecular formula is C18H22ClFN2O3. The van der Waals surface area contributed by atoms with Gasteiger partial charge in [-0.1, -0.05) is 12.1 Å². The van der Waals surface area contributed by atoms with Crippen LogP contribution in [0.5, 0.6) is 0 Å². The van der Waals surface area contributed by atoms with Crippen LogP contribution in [0.1, 0.15) is 40.8 Å². The summed E-state index contributed by atoms with van der Waals surface area (Å²) in [6, 6.07) is 9.26. The molecule has 3 rings (SSSR count). The Kier molecular flexibility index (Phi) is 6.58. The van der Waals surface area contributed by atoms with Gasteiger partial charge in [-0.2, -0.15) is 0 Å². The number of benzene rings is 1. The van der Waals surface area contributed by atoms with Crippen LogP contribution in [0.4, 0.5) is 4.39 Å². The number of nitrogens with zero attached hydrogens (tertiary/aromatic N) is 1. The molecule has 3 N–H and O–H groups in total. The van der Waals surface area contributed by atoms with Gasteiger partial charge in [0.1, 0.15) is 11.6 Å². The highest BCUT2D eigenvalue weighted by Gasteiger charge is 2.29. The third-order valence-electron chi connectivity index (χ3n) is 4.56. The van der Waals surface area contributed by atoms with Crippen molar-refractivity contribution in [3.63, 3.8) is 0 Å². The number of carbonyl (C=O) groups is 1. The van der Waals surface area contributed by atoms with Gasteiger partial charge in [-0.15, -0.1) is 12.4 Å². The summed E-state index contributed by atoms with van der Waals surface area (Å²) in [6.07, 6.45) is 0.735. The Bertz CT molecular complexity index is 697. The highest BCUT2D eigenvalue weighted by molar-refractivity contribution is 5.91. The molecule has 0 bridgehead atoms. The Labute approximate surface area is 152 Å². The maximum Gasteiger partial charge on any atom is 0.289 e. The van der Waals surface area contributed by atoms with E-state index in [1.54, 1.807) is 29.2 Å². The molecule has 1 unspecified atom stereocenters. The fourth-order valence-corrected chi connectivity index (χ4v) is 3.11. The highest BCUT2D eigenvalue weighted by atomic mass is 35.5. The van der Waals surface area contributed by atoms with E-state index in [2.05, 4.69) is 0 Å².